The Kier molecular flexibility index (Phi) is 7.04. The van der Waals surface area contributed by atoms with Crippen LogP contribution >= 0.6 is 11.6 Å². The molecule has 1 aromatic heterocycles. The second kappa shape index (κ2) is 9.69. The van der Waals surface area contributed by atoms with Crippen LogP contribution in [0.4, 0.5) is 0 Å². The van der Waals surface area contributed by atoms with Crippen molar-refractivity contribution >= 4 is 23.5 Å². The Morgan fingerprint density at radius 1 is 1.21 bits per heavy atom. The summed E-state index contributed by atoms with van der Waals surface area (Å²) in [5, 5.41) is 0.417. The van der Waals surface area contributed by atoms with Gasteiger partial charge < -0.3 is 9.64 Å². The molecule has 1 amide bonds. The zero-order valence-electron chi connectivity index (χ0n) is 16.1. The van der Waals surface area contributed by atoms with Crippen LogP contribution in [0.15, 0.2) is 42.6 Å². The lowest BCUT2D eigenvalue weighted by Gasteiger charge is -2.32. The lowest BCUT2D eigenvalue weighted by atomic mass is 9.90. The van der Waals surface area contributed by atoms with E-state index in [4.69, 9.17) is 16.3 Å². The molecule has 0 radical (unpaired) electrons. The number of halogens is 1. The molecule has 148 valence electrons. The topological polar surface area (TPSA) is 59.5 Å². The molecule has 0 N–H and O–H groups in total. The lowest BCUT2D eigenvalue weighted by Crippen LogP contribution is -2.38. The van der Waals surface area contributed by atoms with Crippen LogP contribution in [0.2, 0.25) is 5.02 Å². The van der Waals surface area contributed by atoms with Crippen LogP contribution in [0, 0.1) is 0 Å². The molecule has 1 fully saturated rings. The van der Waals surface area contributed by atoms with Gasteiger partial charge in [0.15, 0.2) is 0 Å². The molecule has 1 aromatic carbocycles. The van der Waals surface area contributed by atoms with Crippen molar-refractivity contribution in [2.75, 3.05) is 19.7 Å². The highest BCUT2D eigenvalue weighted by molar-refractivity contribution is 6.30. The fourth-order valence-corrected chi connectivity index (χ4v) is 3.76. The number of pyridine rings is 1. The summed E-state index contributed by atoms with van der Waals surface area (Å²) in [5.74, 6) is -0.0966. The normalized spacial score (nSPS) is 14.7. The number of piperidine rings is 1. The van der Waals surface area contributed by atoms with Crippen molar-refractivity contribution in [2.24, 2.45) is 0 Å². The number of ether oxygens (including phenoxy) is 1. The maximum absolute atomic E-state index is 12.5. The van der Waals surface area contributed by atoms with Gasteiger partial charge in [0, 0.05) is 31.6 Å². The van der Waals surface area contributed by atoms with E-state index >= 15 is 0 Å². The predicted molar refractivity (Wildman–Crippen MR) is 109 cm³/mol. The molecular formula is C22H25ClN2O3. The molecule has 28 heavy (non-hydrogen) atoms. The van der Waals surface area contributed by atoms with E-state index in [1.54, 1.807) is 19.2 Å². The largest absolute Gasteiger partial charge is 0.462 e. The Bertz CT molecular complexity index is 818. The summed E-state index contributed by atoms with van der Waals surface area (Å²) in [5.41, 5.74) is 2.33. The second-order valence-corrected chi connectivity index (χ2v) is 7.38. The molecular weight excluding hydrogens is 376 g/mol. The predicted octanol–water partition coefficient (Wildman–Crippen LogP) is 4.25. The molecule has 1 aliphatic heterocycles. The molecule has 0 bridgehead atoms. The van der Waals surface area contributed by atoms with Crippen molar-refractivity contribution < 1.29 is 14.3 Å². The molecule has 2 aromatic rings. The van der Waals surface area contributed by atoms with Gasteiger partial charge >= 0.3 is 5.97 Å². The SMILES string of the molecule is CCOC(=O)c1cc(Cl)cnc1C1CCN(C(=O)CCc2ccccc2)CC1. The quantitative estimate of drug-likeness (QED) is 0.680. The molecule has 6 heteroatoms. The number of aromatic nitrogens is 1. The summed E-state index contributed by atoms with van der Waals surface area (Å²) in [7, 11) is 0. The molecule has 3 rings (SSSR count). The van der Waals surface area contributed by atoms with Crippen LogP contribution in [0.25, 0.3) is 0 Å². The Balaban J connectivity index is 1.59. The van der Waals surface area contributed by atoms with Gasteiger partial charge in [0.1, 0.15) is 0 Å². The zero-order chi connectivity index (χ0) is 19.9. The third-order valence-electron chi connectivity index (χ3n) is 5.09. The molecule has 0 unspecified atom stereocenters. The number of aryl methyl sites for hydroxylation is 1. The van der Waals surface area contributed by atoms with Crippen LogP contribution < -0.4 is 0 Å². The number of nitrogens with zero attached hydrogens (tertiary/aromatic N) is 2. The fraction of sp³-hybridized carbons (Fsp3) is 0.409. The molecule has 1 aliphatic rings. The first-order valence-electron chi connectivity index (χ1n) is 9.72. The maximum Gasteiger partial charge on any atom is 0.340 e. The highest BCUT2D eigenvalue weighted by atomic mass is 35.5. The summed E-state index contributed by atoms with van der Waals surface area (Å²) in [6.45, 7) is 3.42. The molecule has 2 heterocycles. The highest BCUT2D eigenvalue weighted by Crippen LogP contribution is 2.30. The summed E-state index contributed by atoms with van der Waals surface area (Å²) >= 11 is 6.03. The standard InChI is InChI=1S/C22H25ClN2O3/c1-2-28-22(27)19-14-18(23)15-24-21(19)17-10-12-25(13-11-17)20(26)9-8-16-6-4-3-5-7-16/h3-7,14-15,17H,2,8-13H2,1H3. The number of esters is 1. The maximum atomic E-state index is 12.5. The number of hydrogen-bond donors (Lipinski definition) is 0. The van der Waals surface area contributed by atoms with E-state index in [2.05, 4.69) is 4.98 Å². The minimum absolute atomic E-state index is 0.120. The third kappa shape index (κ3) is 5.10. The minimum atomic E-state index is -0.395. The van der Waals surface area contributed by atoms with Crippen molar-refractivity contribution in [3.05, 3.63) is 64.4 Å². The van der Waals surface area contributed by atoms with Gasteiger partial charge in [-0.05, 0) is 37.8 Å². The van der Waals surface area contributed by atoms with Crippen LogP contribution in [0.3, 0.4) is 0 Å². The van der Waals surface area contributed by atoms with Gasteiger partial charge in [-0.1, -0.05) is 41.9 Å². The molecule has 0 saturated carbocycles. The number of likely N-dealkylation sites (tertiary alicyclic amines) is 1. The molecule has 0 atom stereocenters. The van der Waals surface area contributed by atoms with E-state index in [1.807, 2.05) is 35.2 Å². The van der Waals surface area contributed by atoms with Crippen molar-refractivity contribution in [3.63, 3.8) is 0 Å². The molecule has 1 saturated heterocycles. The van der Waals surface area contributed by atoms with Crippen LogP contribution in [-0.2, 0) is 16.0 Å². The Morgan fingerprint density at radius 3 is 2.61 bits per heavy atom. The van der Waals surface area contributed by atoms with Crippen LogP contribution in [0.5, 0.6) is 0 Å². The first kappa shape index (κ1) is 20.3. The summed E-state index contributed by atoms with van der Waals surface area (Å²) in [4.78, 5) is 31.1. The van der Waals surface area contributed by atoms with E-state index in [-0.39, 0.29) is 11.8 Å². The van der Waals surface area contributed by atoms with Gasteiger partial charge in [-0.15, -0.1) is 0 Å². The number of rotatable bonds is 6. The van der Waals surface area contributed by atoms with Gasteiger partial charge in [0.2, 0.25) is 5.91 Å². The minimum Gasteiger partial charge on any atom is -0.462 e. The van der Waals surface area contributed by atoms with Crippen molar-refractivity contribution in [2.45, 2.75) is 38.5 Å². The first-order chi connectivity index (χ1) is 13.6. The lowest BCUT2D eigenvalue weighted by molar-refractivity contribution is -0.132. The van der Waals surface area contributed by atoms with E-state index < -0.39 is 5.97 Å². The highest BCUT2D eigenvalue weighted by Gasteiger charge is 2.28. The molecule has 5 nitrogen and oxygen atoms in total. The van der Waals surface area contributed by atoms with Gasteiger partial charge in [0.25, 0.3) is 0 Å². The third-order valence-corrected chi connectivity index (χ3v) is 5.29. The number of amides is 1. The summed E-state index contributed by atoms with van der Waals surface area (Å²) in [6, 6.07) is 11.7. The van der Waals surface area contributed by atoms with E-state index in [0.717, 1.165) is 25.0 Å². The average molecular weight is 401 g/mol. The average Bonchev–Trinajstić information content (AvgIpc) is 2.73. The molecule has 0 aliphatic carbocycles. The van der Waals surface area contributed by atoms with Crippen LogP contribution in [0.1, 0.15) is 53.7 Å². The monoisotopic (exact) mass is 400 g/mol. The van der Waals surface area contributed by atoms with Gasteiger partial charge in [-0.25, -0.2) is 4.79 Å². The van der Waals surface area contributed by atoms with Gasteiger partial charge in [0.05, 0.1) is 22.9 Å². The van der Waals surface area contributed by atoms with Crippen molar-refractivity contribution in [3.8, 4) is 0 Å². The van der Waals surface area contributed by atoms with Gasteiger partial charge in [-0.2, -0.15) is 0 Å². The van der Waals surface area contributed by atoms with E-state index in [9.17, 15) is 9.59 Å². The molecule has 0 spiro atoms. The Labute approximate surface area is 170 Å². The number of carbonyl (C=O) groups excluding carboxylic acids is 2. The van der Waals surface area contributed by atoms with E-state index in [1.165, 1.54) is 5.56 Å². The first-order valence-corrected chi connectivity index (χ1v) is 10.1. The second-order valence-electron chi connectivity index (χ2n) is 6.95. The number of hydrogen-bond acceptors (Lipinski definition) is 4. The van der Waals surface area contributed by atoms with Gasteiger partial charge in [-0.3, -0.25) is 9.78 Å². The Hall–Kier alpha value is -2.40. The van der Waals surface area contributed by atoms with Crippen LogP contribution in [-0.4, -0.2) is 41.5 Å². The fourth-order valence-electron chi connectivity index (χ4n) is 3.60. The van der Waals surface area contributed by atoms with Crippen molar-refractivity contribution in [1.82, 2.24) is 9.88 Å². The summed E-state index contributed by atoms with van der Waals surface area (Å²) in [6.07, 6.45) is 4.39. The number of benzene rings is 1. The van der Waals surface area contributed by atoms with E-state index in [0.29, 0.717) is 36.7 Å². The Morgan fingerprint density at radius 2 is 1.93 bits per heavy atom. The smallest absolute Gasteiger partial charge is 0.340 e. The van der Waals surface area contributed by atoms with Crippen molar-refractivity contribution in [1.29, 1.82) is 0 Å². The zero-order valence-corrected chi connectivity index (χ0v) is 16.8. The number of carbonyl (C=O) groups is 2. The summed E-state index contributed by atoms with van der Waals surface area (Å²) < 4.78 is 5.15.